The Morgan fingerprint density at radius 2 is 1.17 bits per heavy atom. The van der Waals surface area contributed by atoms with E-state index in [4.69, 9.17) is 21.1 Å². The van der Waals surface area contributed by atoms with Gasteiger partial charge in [-0.1, -0.05) is 11.6 Å². The Hall–Kier alpha value is -3.18. The van der Waals surface area contributed by atoms with Crippen LogP contribution in [0.4, 0.5) is 69.3 Å². The Balaban J connectivity index is 3.63. The topological polar surface area (TPSA) is 85.9 Å². The first-order valence-electron chi connectivity index (χ1n) is 10.8. The number of halogens is 12. The molecule has 0 spiro atoms. The zero-order valence-corrected chi connectivity index (χ0v) is 22.5. The van der Waals surface area contributed by atoms with Crippen molar-refractivity contribution in [3.8, 4) is 5.75 Å². The van der Waals surface area contributed by atoms with E-state index < -0.39 is 81.3 Å². The van der Waals surface area contributed by atoms with E-state index in [0.717, 1.165) is 6.07 Å². The maximum Gasteiger partial charge on any atom is 0.460 e. The molecule has 0 bridgehead atoms. The number of ether oxygens (including phenoxy) is 3. The first-order valence-corrected chi connectivity index (χ1v) is 11.2. The third kappa shape index (κ3) is 8.65. The number of hydrogen-bond acceptors (Lipinski definition) is 5. The standard InChI is InChI=1S/C22H22ClF11N2O5/c1-17(2,3)40-15(37)35-9-7-10(36-16(38)41-18(4,5)6)12(23)11(8-9)39-14(25)13(24)19(26,27)20(28,29)21(30,31)22(32,33)34/h7-8H,1-6H3,(H,35,37)(H,36,38). The Morgan fingerprint density at radius 1 is 0.732 bits per heavy atom. The van der Waals surface area contributed by atoms with Crippen molar-refractivity contribution in [2.75, 3.05) is 10.6 Å². The highest BCUT2D eigenvalue weighted by molar-refractivity contribution is 6.35. The molecule has 7 nitrogen and oxygen atoms in total. The summed E-state index contributed by atoms with van der Waals surface area (Å²) in [6, 6.07) is -2.15. The van der Waals surface area contributed by atoms with Gasteiger partial charge in [-0.15, -0.1) is 0 Å². The number of alkyl halides is 9. The number of carbonyl (C=O) groups is 2. The fraction of sp³-hybridized carbons (Fsp3) is 0.545. The van der Waals surface area contributed by atoms with Crippen LogP contribution in [0.15, 0.2) is 24.0 Å². The van der Waals surface area contributed by atoms with E-state index >= 15 is 0 Å². The van der Waals surface area contributed by atoms with Crippen LogP contribution in [0.3, 0.4) is 0 Å². The minimum atomic E-state index is -7.55. The lowest BCUT2D eigenvalue weighted by Crippen LogP contribution is -2.61. The van der Waals surface area contributed by atoms with Crippen molar-refractivity contribution in [3.05, 3.63) is 29.0 Å². The SMILES string of the molecule is CC(C)(C)OC(=O)Nc1cc(NC(=O)OC(C)(C)C)c(Cl)c(OC(F)=C(F)C(F)(F)C(F)(F)C(F)(F)C(F)(F)F)c1. The maximum atomic E-state index is 14.3. The minimum absolute atomic E-state index is 0.444. The first kappa shape index (κ1) is 35.8. The molecule has 0 aliphatic rings. The first-order chi connectivity index (χ1) is 18.0. The molecule has 0 radical (unpaired) electrons. The highest BCUT2D eigenvalue weighted by Gasteiger charge is 2.83. The largest absolute Gasteiger partial charge is 0.460 e. The van der Waals surface area contributed by atoms with Gasteiger partial charge in [-0.25, -0.2) is 9.59 Å². The van der Waals surface area contributed by atoms with Gasteiger partial charge >= 0.3 is 42.1 Å². The molecule has 2 amide bonds. The van der Waals surface area contributed by atoms with E-state index in [1.807, 2.05) is 10.6 Å². The summed E-state index contributed by atoms with van der Waals surface area (Å²) in [5, 5.41) is 2.98. The molecular formula is C22H22ClF11N2O5. The molecule has 41 heavy (non-hydrogen) atoms. The molecule has 0 unspecified atom stereocenters. The predicted molar refractivity (Wildman–Crippen MR) is 122 cm³/mol. The van der Waals surface area contributed by atoms with Gasteiger partial charge in [-0.3, -0.25) is 10.6 Å². The average molecular weight is 639 g/mol. The summed E-state index contributed by atoms with van der Waals surface area (Å²) in [4.78, 5) is 24.2. The monoisotopic (exact) mass is 638 g/mol. The number of anilines is 2. The Bertz CT molecular complexity index is 1190. The van der Waals surface area contributed by atoms with E-state index in [1.165, 1.54) is 41.5 Å². The molecule has 0 saturated carbocycles. The van der Waals surface area contributed by atoms with E-state index in [9.17, 15) is 57.9 Å². The molecule has 0 fully saturated rings. The predicted octanol–water partition coefficient (Wildman–Crippen LogP) is 8.99. The lowest BCUT2D eigenvalue weighted by molar-refractivity contribution is -0.392. The maximum absolute atomic E-state index is 14.3. The molecule has 0 aliphatic carbocycles. The van der Waals surface area contributed by atoms with E-state index in [2.05, 4.69) is 4.74 Å². The van der Waals surface area contributed by atoms with Crippen molar-refractivity contribution >= 4 is 35.2 Å². The van der Waals surface area contributed by atoms with Gasteiger partial charge in [0.05, 0.1) is 5.69 Å². The van der Waals surface area contributed by atoms with Gasteiger partial charge in [0.1, 0.15) is 16.2 Å². The molecular weight excluding hydrogens is 617 g/mol. The Morgan fingerprint density at radius 3 is 1.59 bits per heavy atom. The summed E-state index contributed by atoms with van der Waals surface area (Å²) in [5.41, 5.74) is -3.44. The van der Waals surface area contributed by atoms with Crippen LogP contribution in [0.1, 0.15) is 41.5 Å². The number of benzene rings is 1. The second kappa shape index (κ2) is 11.6. The fourth-order valence-corrected chi connectivity index (χ4v) is 2.64. The summed E-state index contributed by atoms with van der Waals surface area (Å²) in [7, 11) is 0. The molecule has 0 saturated heterocycles. The number of carbonyl (C=O) groups excluding carboxylic acids is 2. The molecule has 2 N–H and O–H groups in total. The third-order valence-electron chi connectivity index (χ3n) is 4.11. The van der Waals surface area contributed by atoms with E-state index in [-0.39, 0.29) is 0 Å². The lowest BCUT2D eigenvalue weighted by Gasteiger charge is -2.32. The van der Waals surface area contributed by atoms with Crippen molar-refractivity contribution in [2.24, 2.45) is 0 Å². The van der Waals surface area contributed by atoms with Gasteiger partial charge in [0.15, 0.2) is 5.75 Å². The van der Waals surface area contributed by atoms with Crippen molar-refractivity contribution in [1.82, 2.24) is 0 Å². The van der Waals surface area contributed by atoms with E-state index in [0.29, 0.717) is 6.07 Å². The van der Waals surface area contributed by atoms with Gasteiger partial charge in [0.2, 0.25) is 5.83 Å². The summed E-state index contributed by atoms with van der Waals surface area (Å²) in [6.07, 6.45) is -9.79. The number of rotatable bonds is 7. The van der Waals surface area contributed by atoms with Crippen LogP contribution in [0.2, 0.25) is 5.02 Å². The normalized spacial score (nSPS) is 14.2. The van der Waals surface area contributed by atoms with Crippen LogP contribution >= 0.6 is 11.6 Å². The molecule has 1 aromatic carbocycles. The second-order valence-corrected chi connectivity index (χ2v) is 10.4. The lowest BCUT2D eigenvalue weighted by atomic mass is 10.0. The van der Waals surface area contributed by atoms with Crippen LogP contribution < -0.4 is 15.4 Å². The number of allylic oxidation sites excluding steroid dienone is 1. The summed E-state index contributed by atoms with van der Waals surface area (Å²) in [5.74, 6) is -27.7. The van der Waals surface area contributed by atoms with Crippen LogP contribution in [0.25, 0.3) is 0 Å². The van der Waals surface area contributed by atoms with Gasteiger partial charge in [-0.05, 0) is 47.6 Å². The molecule has 1 rings (SSSR count). The summed E-state index contributed by atoms with van der Waals surface area (Å²) in [6.45, 7) is 8.55. The van der Waals surface area contributed by atoms with Gasteiger partial charge in [0.25, 0.3) is 0 Å². The minimum Gasteiger partial charge on any atom is -0.444 e. The smallest absolute Gasteiger partial charge is 0.444 e. The number of amides is 2. The van der Waals surface area contributed by atoms with Crippen molar-refractivity contribution < 1.29 is 72.1 Å². The van der Waals surface area contributed by atoms with Crippen LogP contribution in [-0.2, 0) is 9.47 Å². The zero-order valence-electron chi connectivity index (χ0n) is 21.7. The number of hydrogen-bond donors (Lipinski definition) is 2. The summed E-state index contributed by atoms with van der Waals surface area (Å²) >= 11 is 5.87. The van der Waals surface area contributed by atoms with Gasteiger partial charge in [-0.2, -0.15) is 48.3 Å². The zero-order chi connectivity index (χ0) is 32.6. The average Bonchev–Trinajstić information content (AvgIpc) is 2.72. The van der Waals surface area contributed by atoms with Crippen LogP contribution in [0, 0.1) is 0 Å². The second-order valence-electron chi connectivity index (χ2n) is 10.0. The molecule has 1 aromatic rings. The molecule has 0 aliphatic heterocycles. The molecule has 234 valence electrons. The van der Waals surface area contributed by atoms with E-state index in [1.54, 1.807) is 0 Å². The Labute approximate surface area is 229 Å². The van der Waals surface area contributed by atoms with Crippen molar-refractivity contribution in [2.45, 2.75) is 76.7 Å². The van der Waals surface area contributed by atoms with Crippen molar-refractivity contribution in [3.63, 3.8) is 0 Å². The highest BCUT2D eigenvalue weighted by atomic mass is 35.5. The highest BCUT2D eigenvalue weighted by Crippen LogP contribution is 2.56. The third-order valence-corrected chi connectivity index (χ3v) is 4.50. The molecule has 0 aromatic heterocycles. The van der Waals surface area contributed by atoms with Crippen molar-refractivity contribution in [1.29, 1.82) is 0 Å². The molecule has 0 heterocycles. The van der Waals surface area contributed by atoms with Gasteiger partial charge < -0.3 is 14.2 Å². The van der Waals surface area contributed by atoms with Gasteiger partial charge in [0, 0.05) is 11.8 Å². The fourth-order valence-electron chi connectivity index (χ4n) is 2.45. The Kier molecular flexibility index (Phi) is 10.1. The van der Waals surface area contributed by atoms with Crippen LogP contribution in [0.5, 0.6) is 5.75 Å². The molecule has 19 heteroatoms. The quantitative estimate of drug-likeness (QED) is 0.230. The summed E-state index contributed by atoms with van der Waals surface area (Å²) < 4.78 is 160. The number of nitrogens with one attached hydrogen (secondary N) is 2. The molecule has 0 atom stereocenters. The van der Waals surface area contributed by atoms with Crippen LogP contribution in [-0.4, -0.2) is 47.3 Å².